The number of nitrogens with zero attached hydrogens (tertiary/aromatic N) is 4. The molecule has 2 aromatic heterocycles. The summed E-state index contributed by atoms with van der Waals surface area (Å²) in [4.78, 5) is 26.1. The molecule has 0 bridgehead atoms. The van der Waals surface area contributed by atoms with Crippen LogP contribution in [-0.2, 0) is 11.3 Å². The average Bonchev–Trinajstić information content (AvgIpc) is 3.18. The predicted octanol–water partition coefficient (Wildman–Crippen LogP) is 3.09. The molecular formula is C24H25N5O3. The van der Waals surface area contributed by atoms with Crippen molar-refractivity contribution < 1.29 is 9.53 Å². The number of carbonyl (C=O) groups is 1. The standard InChI is InChI=1S/C24H25N5O3/c1-15-22-21(16(2)28(27-22)19-10-6-5-7-11-19)24(31)29(26-15)17(3)23(30)25-14-18-9-8-12-20(13-18)32-4/h5-13,17H,14H2,1-4H3,(H,25,30). The number of aryl methyl sites for hydroxylation is 2. The summed E-state index contributed by atoms with van der Waals surface area (Å²) >= 11 is 0. The van der Waals surface area contributed by atoms with Crippen LogP contribution in [0.5, 0.6) is 5.75 Å². The van der Waals surface area contributed by atoms with Crippen molar-refractivity contribution in [1.29, 1.82) is 0 Å². The highest BCUT2D eigenvalue weighted by Gasteiger charge is 2.23. The minimum absolute atomic E-state index is 0.297. The number of ether oxygens (including phenoxy) is 1. The van der Waals surface area contributed by atoms with Gasteiger partial charge < -0.3 is 10.1 Å². The number of benzene rings is 2. The van der Waals surface area contributed by atoms with Crippen molar-refractivity contribution >= 4 is 16.8 Å². The molecule has 0 saturated carbocycles. The zero-order valence-corrected chi connectivity index (χ0v) is 18.5. The van der Waals surface area contributed by atoms with E-state index in [9.17, 15) is 9.59 Å². The van der Waals surface area contributed by atoms with Gasteiger partial charge in [0.1, 0.15) is 17.3 Å². The maximum atomic E-state index is 13.3. The van der Waals surface area contributed by atoms with Gasteiger partial charge in [-0.3, -0.25) is 9.59 Å². The molecule has 1 atom stereocenters. The molecule has 1 unspecified atom stereocenters. The predicted molar refractivity (Wildman–Crippen MR) is 122 cm³/mol. The monoisotopic (exact) mass is 431 g/mol. The Kier molecular flexibility index (Phi) is 5.77. The Morgan fingerprint density at radius 2 is 1.84 bits per heavy atom. The van der Waals surface area contributed by atoms with Crippen molar-refractivity contribution in [2.24, 2.45) is 0 Å². The van der Waals surface area contributed by atoms with E-state index in [0.717, 1.165) is 17.0 Å². The maximum absolute atomic E-state index is 13.3. The molecule has 1 N–H and O–H groups in total. The summed E-state index contributed by atoms with van der Waals surface area (Å²) in [6.07, 6.45) is 0. The van der Waals surface area contributed by atoms with Crippen LogP contribution in [0, 0.1) is 13.8 Å². The van der Waals surface area contributed by atoms with E-state index in [1.54, 1.807) is 25.6 Å². The first-order valence-electron chi connectivity index (χ1n) is 10.4. The summed E-state index contributed by atoms with van der Waals surface area (Å²) in [5, 5.41) is 12.3. The number of nitrogens with one attached hydrogen (secondary N) is 1. The SMILES string of the molecule is COc1cccc(CNC(=O)C(C)n2nc(C)c3nn(-c4ccccc4)c(C)c3c2=O)c1. The van der Waals surface area contributed by atoms with Gasteiger partial charge in [-0.1, -0.05) is 30.3 Å². The number of hydrogen-bond acceptors (Lipinski definition) is 5. The van der Waals surface area contributed by atoms with E-state index in [-0.39, 0.29) is 11.5 Å². The van der Waals surface area contributed by atoms with Crippen LogP contribution in [0.15, 0.2) is 59.4 Å². The molecule has 4 rings (SSSR count). The van der Waals surface area contributed by atoms with E-state index in [0.29, 0.717) is 28.8 Å². The molecule has 0 fully saturated rings. The van der Waals surface area contributed by atoms with Crippen LogP contribution >= 0.6 is 0 Å². The quantitative estimate of drug-likeness (QED) is 0.507. The van der Waals surface area contributed by atoms with E-state index in [2.05, 4.69) is 15.5 Å². The van der Waals surface area contributed by atoms with Crippen molar-refractivity contribution in [3.05, 3.63) is 81.9 Å². The molecular weight excluding hydrogens is 406 g/mol. The summed E-state index contributed by atoms with van der Waals surface area (Å²) in [6.45, 7) is 5.63. The number of fused-ring (bicyclic) bond motifs is 1. The lowest BCUT2D eigenvalue weighted by Crippen LogP contribution is -2.37. The van der Waals surface area contributed by atoms with Gasteiger partial charge in [-0.05, 0) is 50.6 Å². The van der Waals surface area contributed by atoms with Crippen LogP contribution in [0.25, 0.3) is 16.6 Å². The van der Waals surface area contributed by atoms with E-state index < -0.39 is 6.04 Å². The third-order valence-electron chi connectivity index (χ3n) is 5.49. The fourth-order valence-corrected chi connectivity index (χ4v) is 3.69. The van der Waals surface area contributed by atoms with Crippen LogP contribution in [-0.4, -0.2) is 32.6 Å². The zero-order chi connectivity index (χ0) is 22.8. The Bertz CT molecular complexity index is 1340. The van der Waals surface area contributed by atoms with Gasteiger partial charge in [0.05, 0.1) is 29.6 Å². The van der Waals surface area contributed by atoms with Crippen LogP contribution in [0.2, 0.25) is 0 Å². The second-order valence-electron chi connectivity index (χ2n) is 7.64. The molecule has 2 aromatic carbocycles. The third-order valence-corrected chi connectivity index (χ3v) is 5.49. The number of para-hydroxylation sites is 1. The van der Waals surface area contributed by atoms with Gasteiger partial charge in [-0.2, -0.15) is 10.2 Å². The van der Waals surface area contributed by atoms with Gasteiger partial charge in [0.15, 0.2) is 0 Å². The largest absolute Gasteiger partial charge is 0.497 e. The fourth-order valence-electron chi connectivity index (χ4n) is 3.69. The number of methoxy groups -OCH3 is 1. The molecule has 1 amide bonds. The second kappa shape index (κ2) is 8.66. The van der Waals surface area contributed by atoms with Gasteiger partial charge in [-0.15, -0.1) is 0 Å². The normalized spacial score (nSPS) is 12.0. The Labute approximate surface area is 185 Å². The highest BCUT2D eigenvalue weighted by atomic mass is 16.5. The molecule has 0 aliphatic carbocycles. The highest BCUT2D eigenvalue weighted by molar-refractivity contribution is 5.84. The number of rotatable bonds is 6. The zero-order valence-electron chi connectivity index (χ0n) is 18.5. The van der Waals surface area contributed by atoms with Crippen molar-refractivity contribution in [3.63, 3.8) is 0 Å². The summed E-state index contributed by atoms with van der Waals surface area (Å²) < 4.78 is 8.19. The van der Waals surface area contributed by atoms with E-state index in [4.69, 9.17) is 4.74 Å². The van der Waals surface area contributed by atoms with Crippen LogP contribution < -0.4 is 15.6 Å². The Morgan fingerprint density at radius 3 is 2.56 bits per heavy atom. The summed E-state index contributed by atoms with van der Waals surface area (Å²) in [6, 6.07) is 16.3. The van der Waals surface area contributed by atoms with E-state index in [1.165, 1.54) is 4.68 Å². The molecule has 0 aliphatic heterocycles. The smallest absolute Gasteiger partial charge is 0.278 e. The minimum Gasteiger partial charge on any atom is -0.497 e. The number of carbonyl (C=O) groups excluding carboxylic acids is 1. The lowest BCUT2D eigenvalue weighted by atomic mass is 10.2. The lowest BCUT2D eigenvalue weighted by Gasteiger charge is -2.15. The van der Waals surface area contributed by atoms with Crippen LogP contribution in [0.3, 0.4) is 0 Å². The third kappa shape index (κ3) is 3.87. The van der Waals surface area contributed by atoms with E-state index >= 15 is 0 Å². The summed E-state index contributed by atoms with van der Waals surface area (Å²) in [5.41, 5.74) is 3.25. The van der Waals surface area contributed by atoms with Gasteiger partial charge in [0.2, 0.25) is 5.91 Å². The van der Waals surface area contributed by atoms with Crippen molar-refractivity contribution in [2.75, 3.05) is 7.11 Å². The fraction of sp³-hybridized carbons (Fsp3) is 0.250. The summed E-state index contributed by atoms with van der Waals surface area (Å²) in [5.74, 6) is 0.420. The van der Waals surface area contributed by atoms with Crippen LogP contribution in [0.4, 0.5) is 0 Å². The highest BCUT2D eigenvalue weighted by Crippen LogP contribution is 2.20. The van der Waals surface area contributed by atoms with E-state index in [1.807, 2.05) is 61.5 Å². The average molecular weight is 431 g/mol. The van der Waals surface area contributed by atoms with Crippen molar-refractivity contribution in [1.82, 2.24) is 24.9 Å². The molecule has 32 heavy (non-hydrogen) atoms. The molecule has 4 aromatic rings. The van der Waals surface area contributed by atoms with Gasteiger partial charge in [0.25, 0.3) is 5.56 Å². The molecule has 0 aliphatic rings. The lowest BCUT2D eigenvalue weighted by molar-refractivity contribution is -0.124. The molecule has 8 nitrogen and oxygen atoms in total. The molecule has 0 spiro atoms. The van der Waals surface area contributed by atoms with Gasteiger partial charge >= 0.3 is 0 Å². The molecule has 8 heteroatoms. The molecule has 0 saturated heterocycles. The number of hydrogen-bond donors (Lipinski definition) is 1. The van der Waals surface area contributed by atoms with Crippen LogP contribution in [0.1, 0.15) is 29.9 Å². The number of amides is 1. The van der Waals surface area contributed by atoms with Gasteiger partial charge in [-0.25, -0.2) is 9.36 Å². The molecule has 164 valence electrons. The molecule has 2 heterocycles. The second-order valence-corrected chi connectivity index (χ2v) is 7.64. The van der Waals surface area contributed by atoms with Crippen molar-refractivity contribution in [3.8, 4) is 11.4 Å². The Morgan fingerprint density at radius 1 is 1.09 bits per heavy atom. The Balaban J connectivity index is 1.65. The van der Waals surface area contributed by atoms with Crippen molar-refractivity contribution in [2.45, 2.75) is 33.4 Å². The first-order chi connectivity index (χ1) is 15.4. The maximum Gasteiger partial charge on any atom is 0.278 e. The molecule has 0 radical (unpaired) electrons. The van der Waals surface area contributed by atoms with Gasteiger partial charge in [0, 0.05) is 6.54 Å². The first-order valence-corrected chi connectivity index (χ1v) is 10.4. The topological polar surface area (TPSA) is 91.0 Å². The number of aromatic nitrogens is 4. The minimum atomic E-state index is -0.782. The Hall–Kier alpha value is -3.94. The first kappa shape index (κ1) is 21.3. The summed E-state index contributed by atoms with van der Waals surface area (Å²) in [7, 11) is 1.60.